The fourth-order valence-electron chi connectivity index (χ4n) is 3.33. The SMILES string of the molecule is Cc1ccccc1N(CC(=O)NCCOc1ccc(S(=O)(=O)N(C)C)cc1)S(=O)(=O)c1ccccc1. The van der Waals surface area contributed by atoms with E-state index in [1.54, 1.807) is 49.4 Å². The van der Waals surface area contributed by atoms with Crippen molar-refractivity contribution in [1.82, 2.24) is 9.62 Å². The van der Waals surface area contributed by atoms with Crippen molar-refractivity contribution in [3.8, 4) is 5.75 Å². The van der Waals surface area contributed by atoms with Crippen LogP contribution < -0.4 is 14.4 Å². The van der Waals surface area contributed by atoms with Crippen LogP contribution in [0.4, 0.5) is 5.69 Å². The predicted octanol–water partition coefficient (Wildman–Crippen LogP) is 2.64. The molecule has 0 aromatic heterocycles. The van der Waals surface area contributed by atoms with Gasteiger partial charge in [0.05, 0.1) is 22.0 Å². The van der Waals surface area contributed by atoms with Crippen molar-refractivity contribution in [2.75, 3.05) is 38.1 Å². The highest BCUT2D eigenvalue weighted by atomic mass is 32.2. The van der Waals surface area contributed by atoms with E-state index in [0.717, 1.165) is 8.61 Å². The molecule has 0 aliphatic carbocycles. The van der Waals surface area contributed by atoms with Gasteiger partial charge in [-0.2, -0.15) is 0 Å². The largest absolute Gasteiger partial charge is 0.492 e. The minimum atomic E-state index is -3.98. The molecule has 0 atom stereocenters. The highest BCUT2D eigenvalue weighted by Crippen LogP contribution is 2.26. The minimum absolute atomic E-state index is 0.0871. The molecular formula is C25H29N3O6S2. The van der Waals surface area contributed by atoms with E-state index in [2.05, 4.69) is 5.32 Å². The molecule has 0 aliphatic rings. The van der Waals surface area contributed by atoms with Crippen molar-refractivity contribution < 1.29 is 26.4 Å². The summed E-state index contributed by atoms with van der Waals surface area (Å²) in [5.41, 5.74) is 1.13. The van der Waals surface area contributed by atoms with Crippen molar-refractivity contribution in [3.63, 3.8) is 0 Å². The molecular weight excluding hydrogens is 502 g/mol. The van der Waals surface area contributed by atoms with Crippen LogP contribution >= 0.6 is 0 Å². The first-order valence-corrected chi connectivity index (χ1v) is 14.0. The van der Waals surface area contributed by atoms with Crippen LogP contribution in [0.25, 0.3) is 0 Å². The third-order valence-electron chi connectivity index (χ3n) is 5.30. The summed E-state index contributed by atoms with van der Waals surface area (Å²) in [4.78, 5) is 12.9. The van der Waals surface area contributed by atoms with Crippen molar-refractivity contribution in [2.45, 2.75) is 16.7 Å². The van der Waals surface area contributed by atoms with E-state index in [1.165, 1.54) is 50.5 Å². The second-order valence-corrected chi connectivity index (χ2v) is 12.1. The third-order valence-corrected chi connectivity index (χ3v) is 8.90. The maximum Gasteiger partial charge on any atom is 0.264 e. The number of anilines is 1. The Balaban J connectivity index is 1.63. The maximum atomic E-state index is 13.4. The van der Waals surface area contributed by atoms with Gasteiger partial charge in [0.2, 0.25) is 15.9 Å². The fourth-order valence-corrected chi connectivity index (χ4v) is 5.74. The Labute approximate surface area is 212 Å². The zero-order valence-corrected chi connectivity index (χ0v) is 21.9. The van der Waals surface area contributed by atoms with Crippen LogP contribution in [-0.4, -0.2) is 60.8 Å². The number of para-hydroxylation sites is 1. The molecule has 192 valence electrons. The van der Waals surface area contributed by atoms with E-state index < -0.39 is 32.5 Å². The van der Waals surface area contributed by atoms with Gasteiger partial charge in [-0.15, -0.1) is 0 Å². The van der Waals surface area contributed by atoms with Gasteiger partial charge < -0.3 is 10.1 Å². The van der Waals surface area contributed by atoms with E-state index in [9.17, 15) is 21.6 Å². The number of rotatable bonds is 11. The molecule has 0 bridgehead atoms. The van der Waals surface area contributed by atoms with Crippen molar-refractivity contribution >= 4 is 31.6 Å². The average Bonchev–Trinajstić information content (AvgIpc) is 2.86. The molecule has 1 N–H and O–H groups in total. The lowest BCUT2D eigenvalue weighted by molar-refractivity contribution is -0.119. The number of hydrogen-bond acceptors (Lipinski definition) is 6. The molecule has 0 radical (unpaired) electrons. The molecule has 9 nitrogen and oxygen atoms in total. The molecule has 1 amide bonds. The number of aryl methyl sites for hydroxylation is 1. The molecule has 0 saturated carbocycles. The van der Waals surface area contributed by atoms with E-state index in [-0.39, 0.29) is 22.9 Å². The zero-order valence-electron chi connectivity index (χ0n) is 20.3. The second kappa shape index (κ2) is 11.5. The lowest BCUT2D eigenvalue weighted by Crippen LogP contribution is -2.42. The van der Waals surface area contributed by atoms with Gasteiger partial charge in [-0.3, -0.25) is 9.10 Å². The summed E-state index contributed by atoms with van der Waals surface area (Å²) < 4.78 is 58.8. The highest BCUT2D eigenvalue weighted by molar-refractivity contribution is 7.92. The lowest BCUT2D eigenvalue weighted by atomic mass is 10.2. The van der Waals surface area contributed by atoms with Gasteiger partial charge in [0.1, 0.15) is 18.9 Å². The maximum absolute atomic E-state index is 13.4. The normalized spacial score (nSPS) is 11.8. The predicted molar refractivity (Wildman–Crippen MR) is 138 cm³/mol. The molecule has 0 aliphatic heterocycles. The van der Waals surface area contributed by atoms with Gasteiger partial charge in [-0.05, 0) is 55.0 Å². The first kappa shape index (κ1) is 27.2. The van der Waals surface area contributed by atoms with Gasteiger partial charge >= 0.3 is 0 Å². The molecule has 11 heteroatoms. The summed E-state index contributed by atoms with van der Waals surface area (Å²) >= 11 is 0. The standard InChI is InChI=1S/C25H29N3O6S2/c1-20-9-7-8-12-24(20)28(36(32,33)22-10-5-4-6-11-22)19-25(29)26-17-18-34-21-13-15-23(16-14-21)35(30,31)27(2)3/h4-16H,17-19H2,1-3H3,(H,26,29). The van der Waals surface area contributed by atoms with E-state index in [0.29, 0.717) is 17.0 Å². The van der Waals surface area contributed by atoms with Crippen molar-refractivity contribution in [2.24, 2.45) is 0 Å². The molecule has 3 aromatic rings. The molecule has 3 rings (SSSR count). The van der Waals surface area contributed by atoms with Crippen LogP contribution in [0.1, 0.15) is 5.56 Å². The highest BCUT2D eigenvalue weighted by Gasteiger charge is 2.28. The summed E-state index contributed by atoms with van der Waals surface area (Å²) in [7, 11) is -4.61. The molecule has 0 heterocycles. The van der Waals surface area contributed by atoms with Crippen molar-refractivity contribution in [3.05, 3.63) is 84.4 Å². The number of ether oxygens (including phenoxy) is 1. The smallest absolute Gasteiger partial charge is 0.264 e. The average molecular weight is 532 g/mol. The Bertz CT molecular complexity index is 1390. The van der Waals surface area contributed by atoms with Crippen LogP contribution in [0.3, 0.4) is 0 Å². The van der Waals surface area contributed by atoms with Gasteiger partial charge in [0.15, 0.2) is 0 Å². The van der Waals surface area contributed by atoms with Crippen LogP contribution in [-0.2, 0) is 24.8 Å². The molecule has 0 unspecified atom stereocenters. The molecule has 0 spiro atoms. The zero-order chi connectivity index (χ0) is 26.3. The molecule has 3 aromatic carbocycles. The first-order chi connectivity index (χ1) is 17.0. The topological polar surface area (TPSA) is 113 Å². The summed E-state index contributed by atoms with van der Waals surface area (Å²) in [6.07, 6.45) is 0. The Hall–Kier alpha value is -3.41. The number of amides is 1. The Kier molecular flexibility index (Phi) is 8.72. The van der Waals surface area contributed by atoms with Crippen LogP contribution in [0.15, 0.2) is 88.7 Å². The van der Waals surface area contributed by atoms with Gasteiger partial charge in [-0.1, -0.05) is 36.4 Å². The number of benzene rings is 3. The Morgan fingerprint density at radius 2 is 1.39 bits per heavy atom. The van der Waals surface area contributed by atoms with Gasteiger partial charge in [-0.25, -0.2) is 21.1 Å². The van der Waals surface area contributed by atoms with E-state index in [4.69, 9.17) is 4.74 Å². The number of carbonyl (C=O) groups excluding carboxylic acids is 1. The number of hydrogen-bond donors (Lipinski definition) is 1. The summed E-state index contributed by atoms with van der Waals surface area (Å²) in [6, 6.07) is 20.9. The third kappa shape index (κ3) is 6.42. The number of sulfonamides is 2. The number of nitrogens with zero attached hydrogens (tertiary/aromatic N) is 2. The van der Waals surface area contributed by atoms with Gasteiger partial charge in [0.25, 0.3) is 10.0 Å². The quantitative estimate of drug-likeness (QED) is 0.381. The van der Waals surface area contributed by atoms with Crippen LogP contribution in [0.5, 0.6) is 5.75 Å². The first-order valence-electron chi connectivity index (χ1n) is 11.1. The molecule has 36 heavy (non-hydrogen) atoms. The summed E-state index contributed by atoms with van der Waals surface area (Å²) in [5.74, 6) is -0.0519. The Morgan fingerprint density at radius 1 is 0.806 bits per heavy atom. The van der Waals surface area contributed by atoms with Gasteiger partial charge in [0, 0.05) is 14.1 Å². The number of carbonyl (C=O) groups is 1. The van der Waals surface area contributed by atoms with E-state index in [1.807, 2.05) is 0 Å². The lowest BCUT2D eigenvalue weighted by Gasteiger charge is -2.25. The van der Waals surface area contributed by atoms with Crippen LogP contribution in [0, 0.1) is 6.92 Å². The second-order valence-electron chi connectivity index (χ2n) is 8.07. The molecule has 0 fully saturated rings. The minimum Gasteiger partial charge on any atom is -0.492 e. The van der Waals surface area contributed by atoms with Crippen molar-refractivity contribution in [1.29, 1.82) is 0 Å². The number of nitrogens with one attached hydrogen (secondary N) is 1. The molecule has 0 saturated heterocycles. The monoisotopic (exact) mass is 531 g/mol. The van der Waals surface area contributed by atoms with Crippen LogP contribution in [0.2, 0.25) is 0 Å². The summed E-state index contributed by atoms with van der Waals surface area (Å²) in [6.45, 7) is 1.62. The summed E-state index contributed by atoms with van der Waals surface area (Å²) in [5, 5.41) is 2.67. The fraction of sp³-hybridized carbons (Fsp3) is 0.240. The Morgan fingerprint density at radius 3 is 2.00 bits per heavy atom. The van der Waals surface area contributed by atoms with E-state index >= 15 is 0 Å².